The summed E-state index contributed by atoms with van der Waals surface area (Å²) in [6.07, 6.45) is 0. The largest absolute Gasteiger partial charge is 0.497 e. The van der Waals surface area contributed by atoms with E-state index in [1.165, 1.54) is 16.7 Å². The van der Waals surface area contributed by atoms with Crippen molar-refractivity contribution in [3.63, 3.8) is 0 Å². The van der Waals surface area contributed by atoms with Gasteiger partial charge in [-0.2, -0.15) is 0 Å². The summed E-state index contributed by atoms with van der Waals surface area (Å²) < 4.78 is 5.06. The van der Waals surface area contributed by atoms with Crippen molar-refractivity contribution in [2.45, 2.75) is 6.04 Å². The van der Waals surface area contributed by atoms with Gasteiger partial charge in [0.05, 0.1) is 13.0 Å². The third-order valence-corrected chi connectivity index (χ3v) is 3.76. The summed E-state index contributed by atoms with van der Waals surface area (Å²) in [4.78, 5) is 24.4. The third kappa shape index (κ3) is 3.11. The van der Waals surface area contributed by atoms with E-state index in [0.717, 1.165) is 0 Å². The second kappa shape index (κ2) is 5.83. The number of carbonyl (C=O) groups is 2. The monoisotopic (exact) mass is 282 g/mol. The summed E-state index contributed by atoms with van der Waals surface area (Å²) >= 11 is 1.42. The van der Waals surface area contributed by atoms with Gasteiger partial charge in [0.1, 0.15) is 11.8 Å². The van der Waals surface area contributed by atoms with Gasteiger partial charge in [0.15, 0.2) is 0 Å². The maximum Gasteiger partial charge on any atom is 0.327 e. The molecule has 2 rings (SSSR count). The molecule has 1 saturated heterocycles. The van der Waals surface area contributed by atoms with Gasteiger partial charge in [0, 0.05) is 17.5 Å². The predicted molar refractivity (Wildman–Crippen MR) is 72.6 cm³/mol. The van der Waals surface area contributed by atoms with Crippen LogP contribution in [0.15, 0.2) is 24.3 Å². The molecule has 6 nitrogen and oxygen atoms in total. The standard InChI is InChI=1S/C12H14N2O4S/c1-18-9-4-2-3-8(5-9)13-12(17)14-7-19-6-10(14)11(15)16/h2-5,10H,6-7H2,1H3,(H,13,17)(H,15,16)/t10-/m0/s1. The number of carboxylic acids is 1. The highest BCUT2D eigenvalue weighted by molar-refractivity contribution is 7.99. The van der Waals surface area contributed by atoms with Crippen LogP contribution in [0.5, 0.6) is 5.75 Å². The molecule has 0 unspecified atom stereocenters. The number of methoxy groups -OCH3 is 1. The predicted octanol–water partition coefficient (Wildman–Crippen LogP) is 1.69. The number of carbonyl (C=O) groups excluding carboxylic acids is 1. The summed E-state index contributed by atoms with van der Waals surface area (Å²) in [5, 5.41) is 11.7. The molecule has 1 aliphatic rings. The van der Waals surface area contributed by atoms with E-state index in [1.54, 1.807) is 31.4 Å². The second-order valence-corrected chi connectivity index (χ2v) is 4.99. The Morgan fingerprint density at radius 3 is 3.00 bits per heavy atom. The van der Waals surface area contributed by atoms with Gasteiger partial charge in [-0.05, 0) is 12.1 Å². The van der Waals surface area contributed by atoms with Gasteiger partial charge in [-0.1, -0.05) is 6.07 Å². The van der Waals surface area contributed by atoms with E-state index in [1.807, 2.05) is 0 Å². The fourth-order valence-corrected chi connectivity index (χ4v) is 2.89. The molecule has 7 heteroatoms. The molecule has 102 valence electrons. The Labute approximate surface area is 114 Å². The first-order chi connectivity index (χ1) is 9.11. The summed E-state index contributed by atoms with van der Waals surface area (Å²) in [6.45, 7) is 0. The van der Waals surface area contributed by atoms with Crippen molar-refractivity contribution in [1.29, 1.82) is 0 Å². The average molecular weight is 282 g/mol. The van der Waals surface area contributed by atoms with Crippen molar-refractivity contribution in [3.05, 3.63) is 24.3 Å². The summed E-state index contributed by atoms with van der Waals surface area (Å²) in [5.41, 5.74) is 0.574. The van der Waals surface area contributed by atoms with Crippen LogP contribution in [0, 0.1) is 0 Å². The number of carboxylic acid groups (broad SMARTS) is 1. The quantitative estimate of drug-likeness (QED) is 0.882. The van der Waals surface area contributed by atoms with Crippen molar-refractivity contribution in [3.8, 4) is 5.75 Å². The Morgan fingerprint density at radius 1 is 1.53 bits per heavy atom. The van der Waals surface area contributed by atoms with E-state index >= 15 is 0 Å². The van der Waals surface area contributed by atoms with Crippen LogP contribution in [0.2, 0.25) is 0 Å². The number of amides is 2. The van der Waals surface area contributed by atoms with Crippen LogP contribution in [0.25, 0.3) is 0 Å². The van der Waals surface area contributed by atoms with Gasteiger partial charge in [0.2, 0.25) is 0 Å². The summed E-state index contributed by atoms with van der Waals surface area (Å²) in [5.74, 6) is 0.447. The number of hydrogen-bond donors (Lipinski definition) is 2. The van der Waals surface area contributed by atoms with E-state index in [2.05, 4.69) is 5.32 Å². The van der Waals surface area contributed by atoms with Crippen molar-refractivity contribution < 1.29 is 19.4 Å². The van der Waals surface area contributed by atoms with Crippen LogP contribution in [-0.4, -0.2) is 46.8 Å². The average Bonchev–Trinajstić information content (AvgIpc) is 2.88. The number of anilines is 1. The van der Waals surface area contributed by atoms with Crippen molar-refractivity contribution in [2.24, 2.45) is 0 Å². The first-order valence-corrected chi connectivity index (χ1v) is 6.79. The minimum Gasteiger partial charge on any atom is -0.497 e. The Balaban J connectivity index is 2.06. The number of thioether (sulfide) groups is 1. The third-order valence-electron chi connectivity index (χ3n) is 2.75. The van der Waals surface area contributed by atoms with Crippen molar-refractivity contribution in [1.82, 2.24) is 4.90 Å². The van der Waals surface area contributed by atoms with E-state index in [-0.39, 0.29) is 0 Å². The fraction of sp³-hybridized carbons (Fsp3) is 0.333. The number of aliphatic carboxylic acids is 1. The zero-order chi connectivity index (χ0) is 13.8. The molecule has 0 saturated carbocycles. The number of urea groups is 1. The molecule has 0 aliphatic carbocycles. The molecule has 1 aliphatic heterocycles. The fourth-order valence-electron chi connectivity index (χ4n) is 1.74. The number of benzene rings is 1. The highest BCUT2D eigenvalue weighted by Crippen LogP contribution is 2.23. The van der Waals surface area contributed by atoms with Gasteiger partial charge >= 0.3 is 12.0 Å². The molecular weight excluding hydrogens is 268 g/mol. The van der Waals surface area contributed by atoms with E-state index in [4.69, 9.17) is 9.84 Å². The minimum atomic E-state index is -0.981. The highest BCUT2D eigenvalue weighted by Gasteiger charge is 2.34. The Hall–Kier alpha value is -1.89. The summed E-state index contributed by atoms with van der Waals surface area (Å²) in [7, 11) is 1.54. The lowest BCUT2D eigenvalue weighted by Gasteiger charge is -2.21. The highest BCUT2D eigenvalue weighted by atomic mass is 32.2. The molecule has 0 bridgehead atoms. The lowest BCUT2D eigenvalue weighted by Crippen LogP contribution is -2.43. The van der Waals surface area contributed by atoms with Gasteiger partial charge < -0.3 is 20.1 Å². The molecule has 2 N–H and O–H groups in total. The van der Waals surface area contributed by atoms with Crippen LogP contribution >= 0.6 is 11.8 Å². The molecule has 0 spiro atoms. The van der Waals surface area contributed by atoms with E-state index < -0.39 is 18.0 Å². The molecule has 1 aromatic rings. The molecule has 1 aromatic carbocycles. The SMILES string of the molecule is COc1cccc(NC(=O)N2CSC[C@H]2C(=O)O)c1. The Morgan fingerprint density at radius 2 is 2.32 bits per heavy atom. The number of hydrogen-bond acceptors (Lipinski definition) is 4. The first kappa shape index (κ1) is 13.5. The van der Waals surface area contributed by atoms with Crippen LogP contribution in [0.4, 0.5) is 10.5 Å². The molecular formula is C12H14N2O4S. The van der Waals surface area contributed by atoms with Crippen molar-refractivity contribution >= 4 is 29.4 Å². The van der Waals surface area contributed by atoms with Crippen molar-refractivity contribution in [2.75, 3.05) is 24.1 Å². The Bertz CT molecular complexity index is 494. The van der Waals surface area contributed by atoms with Gasteiger partial charge in [0.25, 0.3) is 0 Å². The lowest BCUT2D eigenvalue weighted by atomic mass is 10.3. The topological polar surface area (TPSA) is 78.9 Å². The van der Waals surface area contributed by atoms with E-state index in [9.17, 15) is 9.59 Å². The summed E-state index contributed by atoms with van der Waals surface area (Å²) in [6, 6.07) is 5.74. The van der Waals surface area contributed by atoms with Crippen LogP contribution in [-0.2, 0) is 4.79 Å². The smallest absolute Gasteiger partial charge is 0.327 e. The number of nitrogens with one attached hydrogen (secondary N) is 1. The van der Waals surface area contributed by atoms with E-state index in [0.29, 0.717) is 23.1 Å². The zero-order valence-electron chi connectivity index (χ0n) is 10.3. The first-order valence-electron chi connectivity index (χ1n) is 5.64. The van der Waals surface area contributed by atoms with Crippen LogP contribution in [0.3, 0.4) is 0 Å². The minimum absolute atomic E-state index is 0.382. The maximum absolute atomic E-state index is 12.0. The molecule has 0 aromatic heterocycles. The molecule has 1 heterocycles. The second-order valence-electron chi connectivity index (χ2n) is 3.99. The lowest BCUT2D eigenvalue weighted by molar-refractivity contribution is -0.140. The van der Waals surface area contributed by atoms with Crippen LogP contribution in [0.1, 0.15) is 0 Å². The number of ether oxygens (including phenoxy) is 1. The Kier molecular flexibility index (Phi) is 4.16. The molecule has 2 amide bonds. The molecule has 19 heavy (non-hydrogen) atoms. The van der Waals surface area contributed by atoms with Crippen LogP contribution < -0.4 is 10.1 Å². The molecule has 0 radical (unpaired) electrons. The maximum atomic E-state index is 12.0. The van der Waals surface area contributed by atoms with Gasteiger partial charge in [-0.3, -0.25) is 0 Å². The van der Waals surface area contributed by atoms with Gasteiger partial charge in [-0.15, -0.1) is 11.8 Å². The normalized spacial score (nSPS) is 18.2. The number of nitrogens with zero attached hydrogens (tertiary/aromatic N) is 1. The number of rotatable bonds is 3. The zero-order valence-corrected chi connectivity index (χ0v) is 11.1. The molecule has 1 atom stereocenters. The van der Waals surface area contributed by atoms with Gasteiger partial charge in [-0.25, -0.2) is 9.59 Å². The molecule has 1 fully saturated rings.